The van der Waals surface area contributed by atoms with Crippen LogP contribution in [0.1, 0.15) is 27.0 Å². The van der Waals surface area contributed by atoms with E-state index in [9.17, 15) is 26.4 Å². The van der Waals surface area contributed by atoms with Gasteiger partial charge in [-0.05, 0) is 67.4 Å². The second-order valence-corrected chi connectivity index (χ2v) is 9.61. The van der Waals surface area contributed by atoms with Crippen LogP contribution < -0.4 is 10.0 Å². The molecule has 0 atom stereocenters. The van der Waals surface area contributed by atoms with Crippen LogP contribution in [-0.2, 0) is 16.2 Å². The maximum Gasteiger partial charge on any atom is 0.417 e. The smallest absolute Gasteiger partial charge is 0.322 e. The fraction of sp³-hybridized carbons (Fsp3) is 0.136. The van der Waals surface area contributed by atoms with Gasteiger partial charge in [-0.25, -0.2) is 8.42 Å². The minimum atomic E-state index is -4.71. The Bertz CT molecular complexity index is 1340. The van der Waals surface area contributed by atoms with Gasteiger partial charge in [0.05, 0.1) is 21.3 Å². The molecule has 3 rings (SSSR count). The van der Waals surface area contributed by atoms with Crippen molar-refractivity contribution in [2.24, 2.45) is 0 Å². The molecule has 0 radical (unpaired) electrons. The fourth-order valence-corrected chi connectivity index (χ4v) is 4.81. The predicted molar refractivity (Wildman–Crippen MR) is 123 cm³/mol. The van der Waals surface area contributed by atoms with Gasteiger partial charge in [-0.1, -0.05) is 35.3 Å². The zero-order valence-corrected chi connectivity index (χ0v) is 19.5. The molecule has 0 aromatic heterocycles. The van der Waals surface area contributed by atoms with Gasteiger partial charge < -0.3 is 5.32 Å². The summed E-state index contributed by atoms with van der Waals surface area (Å²) in [5.74, 6) is -0.828. The quantitative estimate of drug-likeness (QED) is 0.397. The maximum absolute atomic E-state index is 13.1. The molecule has 0 fully saturated rings. The highest BCUT2D eigenvalue weighted by molar-refractivity contribution is 7.92. The van der Waals surface area contributed by atoms with Crippen LogP contribution in [0.3, 0.4) is 0 Å². The molecule has 5 nitrogen and oxygen atoms in total. The number of hydrogen-bond donors (Lipinski definition) is 2. The first-order chi connectivity index (χ1) is 15.3. The van der Waals surface area contributed by atoms with Gasteiger partial charge in [-0.15, -0.1) is 0 Å². The van der Waals surface area contributed by atoms with Crippen molar-refractivity contribution in [1.82, 2.24) is 0 Å². The van der Waals surface area contributed by atoms with Gasteiger partial charge in [0.2, 0.25) is 0 Å². The van der Waals surface area contributed by atoms with E-state index in [-0.39, 0.29) is 21.2 Å². The van der Waals surface area contributed by atoms with Crippen LogP contribution in [-0.4, -0.2) is 14.3 Å². The Morgan fingerprint density at radius 1 is 0.939 bits per heavy atom. The number of carbonyl (C=O) groups is 1. The normalized spacial score (nSPS) is 11.8. The number of hydrogen-bond acceptors (Lipinski definition) is 3. The molecule has 11 heteroatoms. The number of rotatable bonds is 5. The zero-order valence-electron chi connectivity index (χ0n) is 17.2. The molecular formula is C22H17Cl2F3N2O3S. The number of sulfonamides is 1. The standard InChI is InChI=1S/C22H17Cl2F3N2O3S/c1-12-4-3-5-19(13(12)2)29-33(31,32)20-10-14(6-8-18(20)24)21(30)28-15-7-9-17(23)16(11-15)22(25,26)27/h3-11,29H,1-2H3,(H,28,30). The third-order valence-corrected chi connectivity index (χ3v) is 7.04. The molecule has 0 saturated heterocycles. The second-order valence-electron chi connectivity index (χ2n) is 7.14. The molecular weight excluding hydrogens is 500 g/mol. The Hall–Kier alpha value is -2.75. The predicted octanol–water partition coefficient (Wildman–Crippen LogP) is 6.68. The first-order valence-corrected chi connectivity index (χ1v) is 11.6. The van der Waals surface area contributed by atoms with Crippen molar-refractivity contribution in [2.45, 2.75) is 24.9 Å². The van der Waals surface area contributed by atoms with Gasteiger partial charge in [0, 0.05) is 11.3 Å². The van der Waals surface area contributed by atoms with Crippen molar-refractivity contribution in [2.75, 3.05) is 10.0 Å². The summed E-state index contributed by atoms with van der Waals surface area (Å²) >= 11 is 11.7. The lowest BCUT2D eigenvalue weighted by Gasteiger charge is -2.14. The topological polar surface area (TPSA) is 75.3 Å². The van der Waals surface area contributed by atoms with E-state index in [0.717, 1.165) is 17.7 Å². The summed E-state index contributed by atoms with van der Waals surface area (Å²) in [5.41, 5.74) is 0.541. The molecule has 174 valence electrons. The Labute approximate surface area is 198 Å². The van der Waals surface area contributed by atoms with Crippen LogP contribution in [0, 0.1) is 13.8 Å². The van der Waals surface area contributed by atoms with Crippen LogP contribution >= 0.6 is 23.2 Å². The molecule has 3 aromatic rings. The minimum Gasteiger partial charge on any atom is -0.322 e. The van der Waals surface area contributed by atoms with Gasteiger partial charge in [0.25, 0.3) is 15.9 Å². The maximum atomic E-state index is 13.1. The SMILES string of the molecule is Cc1cccc(NS(=O)(=O)c2cc(C(=O)Nc3ccc(Cl)c(C(F)(F)F)c3)ccc2Cl)c1C. The van der Waals surface area contributed by atoms with Crippen molar-refractivity contribution in [3.05, 3.63) is 86.9 Å². The fourth-order valence-electron chi connectivity index (χ4n) is 2.94. The van der Waals surface area contributed by atoms with Gasteiger partial charge in [-0.3, -0.25) is 9.52 Å². The highest BCUT2D eigenvalue weighted by Gasteiger charge is 2.33. The highest BCUT2D eigenvalue weighted by atomic mass is 35.5. The van der Waals surface area contributed by atoms with E-state index >= 15 is 0 Å². The van der Waals surface area contributed by atoms with E-state index in [1.165, 1.54) is 18.2 Å². The van der Waals surface area contributed by atoms with Crippen molar-refractivity contribution in [3.63, 3.8) is 0 Å². The lowest BCUT2D eigenvalue weighted by Crippen LogP contribution is -2.17. The number of halogens is 5. The van der Waals surface area contributed by atoms with E-state index in [1.807, 2.05) is 13.0 Å². The van der Waals surface area contributed by atoms with E-state index in [1.54, 1.807) is 19.1 Å². The number of nitrogens with one attached hydrogen (secondary N) is 2. The summed E-state index contributed by atoms with van der Waals surface area (Å²) in [6.07, 6.45) is -4.71. The van der Waals surface area contributed by atoms with Crippen molar-refractivity contribution < 1.29 is 26.4 Å². The average molecular weight is 517 g/mol. The van der Waals surface area contributed by atoms with Gasteiger partial charge in [0.15, 0.2) is 0 Å². The van der Waals surface area contributed by atoms with E-state index in [4.69, 9.17) is 23.2 Å². The number of carbonyl (C=O) groups excluding carboxylic acids is 1. The summed E-state index contributed by atoms with van der Waals surface area (Å²) in [7, 11) is -4.17. The Morgan fingerprint density at radius 3 is 2.27 bits per heavy atom. The Balaban J connectivity index is 1.91. The molecule has 0 bridgehead atoms. The molecule has 33 heavy (non-hydrogen) atoms. The summed E-state index contributed by atoms with van der Waals surface area (Å²) in [4.78, 5) is 12.3. The number of aryl methyl sites for hydroxylation is 1. The molecule has 0 aliphatic heterocycles. The van der Waals surface area contributed by atoms with Crippen molar-refractivity contribution in [1.29, 1.82) is 0 Å². The van der Waals surface area contributed by atoms with Gasteiger partial charge >= 0.3 is 6.18 Å². The van der Waals surface area contributed by atoms with Crippen molar-refractivity contribution >= 4 is 50.5 Å². The number of anilines is 2. The van der Waals surface area contributed by atoms with Crippen LogP contribution in [0.2, 0.25) is 10.0 Å². The van der Waals surface area contributed by atoms with E-state index in [2.05, 4.69) is 10.0 Å². The van der Waals surface area contributed by atoms with Crippen molar-refractivity contribution in [3.8, 4) is 0 Å². The van der Waals surface area contributed by atoms with E-state index in [0.29, 0.717) is 17.3 Å². The summed E-state index contributed by atoms with van der Waals surface area (Å²) in [6, 6.07) is 11.5. The summed E-state index contributed by atoms with van der Waals surface area (Å²) in [6.45, 7) is 3.58. The number of benzene rings is 3. The lowest BCUT2D eigenvalue weighted by molar-refractivity contribution is -0.137. The molecule has 3 aromatic carbocycles. The third-order valence-electron chi connectivity index (χ3n) is 4.86. The third kappa shape index (κ3) is 5.61. The van der Waals surface area contributed by atoms with Crippen LogP contribution in [0.4, 0.5) is 24.5 Å². The van der Waals surface area contributed by atoms with Crippen LogP contribution in [0.25, 0.3) is 0 Å². The Kier molecular flexibility index (Phi) is 6.97. The minimum absolute atomic E-state index is 0.121. The monoisotopic (exact) mass is 516 g/mol. The first-order valence-electron chi connectivity index (χ1n) is 9.36. The molecule has 2 N–H and O–H groups in total. The lowest BCUT2D eigenvalue weighted by atomic mass is 10.1. The molecule has 0 aliphatic carbocycles. The van der Waals surface area contributed by atoms with Crippen LogP contribution in [0.15, 0.2) is 59.5 Å². The number of alkyl halides is 3. The molecule has 0 saturated carbocycles. The van der Waals surface area contributed by atoms with Crippen LogP contribution in [0.5, 0.6) is 0 Å². The Morgan fingerprint density at radius 2 is 1.61 bits per heavy atom. The zero-order chi connectivity index (χ0) is 24.6. The highest BCUT2D eigenvalue weighted by Crippen LogP contribution is 2.36. The summed E-state index contributed by atoms with van der Waals surface area (Å²) in [5, 5.41) is 1.66. The number of amides is 1. The first kappa shape index (κ1) is 24.9. The largest absolute Gasteiger partial charge is 0.417 e. The molecule has 0 heterocycles. The average Bonchev–Trinajstić information content (AvgIpc) is 2.72. The van der Waals surface area contributed by atoms with Gasteiger partial charge in [-0.2, -0.15) is 13.2 Å². The van der Waals surface area contributed by atoms with E-state index < -0.39 is 32.7 Å². The molecule has 1 amide bonds. The summed E-state index contributed by atoms with van der Waals surface area (Å²) < 4.78 is 67.5. The van der Waals surface area contributed by atoms with Gasteiger partial charge in [0.1, 0.15) is 4.90 Å². The molecule has 0 unspecified atom stereocenters. The molecule has 0 spiro atoms. The second kappa shape index (κ2) is 9.24. The molecule has 0 aliphatic rings.